The standard InChI is InChI=1S/C25H22N2O3/c1-30-24-15-23(13-12-21(24)14-22(16-26)25(28)29)27(17-19-8-4-2-5-9-19)18-20-10-6-3-7-11-20/h2-15H,17-18H2,1H3,(H,28,29). The second-order valence-electron chi connectivity index (χ2n) is 6.73. The van der Waals surface area contributed by atoms with Crippen molar-refractivity contribution in [3.8, 4) is 11.8 Å². The Balaban J connectivity index is 1.98. The van der Waals surface area contributed by atoms with E-state index in [4.69, 9.17) is 15.1 Å². The number of carboxylic acids is 1. The van der Waals surface area contributed by atoms with Crippen molar-refractivity contribution in [2.24, 2.45) is 0 Å². The van der Waals surface area contributed by atoms with Crippen molar-refractivity contribution in [2.75, 3.05) is 12.0 Å². The van der Waals surface area contributed by atoms with Gasteiger partial charge in [0.15, 0.2) is 0 Å². The molecule has 3 aromatic rings. The second kappa shape index (κ2) is 9.94. The Hall–Kier alpha value is -4.04. The second-order valence-corrected chi connectivity index (χ2v) is 6.73. The number of aliphatic carboxylic acids is 1. The highest BCUT2D eigenvalue weighted by atomic mass is 16.5. The molecule has 0 aliphatic rings. The molecule has 5 nitrogen and oxygen atoms in total. The van der Waals surface area contributed by atoms with Crippen LogP contribution >= 0.6 is 0 Å². The van der Waals surface area contributed by atoms with Crippen molar-refractivity contribution in [3.05, 3.63) is 101 Å². The quantitative estimate of drug-likeness (QED) is 0.432. The van der Waals surface area contributed by atoms with Gasteiger partial charge in [-0.15, -0.1) is 0 Å². The fraction of sp³-hybridized carbons (Fsp3) is 0.120. The van der Waals surface area contributed by atoms with Crippen LogP contribution < -0.4 is 9.64 Å². The fourth-order valence-electron chi connectivity index (χ4n) is 3.16. The van der Waals surface area contributed by atoms with E-state index >= 15 is 0 Å². The van der Waals surface area contributed by atoms with Crippen molar-refractivity contribution in [1.82, 2.24) is 0 Å². The van der Waals surface area contributed by atoms with Crippen LogP contribution in [-0.4, -0.2) is 18.2 Å². The number of nitrogens with zero attached hydrogens (tertiary/aromatic N) is 2. The third-order valence-corrected chi connectivity index (χ3v) is 4.67. The first-order valence-electron chi connectivity index (χ1n) is 9.46. The molecule has 0 unspecified atom stereocenters. The van der Waals surface area contributed by atoms with Crippen LogP contribution in [0.15, 0.2) is 84.4 Å². The number of nitriles is 1. The van der Waals surface area contributed by atoms with E-state index in [2.05, 4.69) is 29.2 Å². The monoisotopic (exact) mass is 398 g/mol. The van der Waals surface area contributed by atoms with Crippen LogP contribution in [0.25, 0.3) is 6.08 Å². The van der Waals surface area contributed by atoms with Gasteiger partial charge in [0.2, 0.25) is 0 Å². The van der Waals surface area contributed by atoms with Gasteiger partial charge < -0.3 is 14.7 Å². The van der Waals surface area contributed by atoms with Crippen molar-refractivity contribution in [3.63, 3.8) is 0 Å². The van der Waals surface area contributed by atoms with Crippen molar-refractivity contribution >= 4 is 17.7 Å². The van der Waals surface area contributed by atoms with Crippen LogP contribution in [0, 0.1) is 11.3 Å². The number of methoxy groups -OCH3 is 1. The van der Waals surface area contributed by atoms with Gasteiger partial charge in [0.25, 0.3) is 0 Å². The lowest BCUT2D eigenvalue weighted by Gasteiger charge is -2.26. The highest BCUT2D eigenvalue weighted by molar-refractivity contribution is 5.97. The molecule has 0 aromatic heterocycles. The maximum absolute atomic E-state index is 11.2. The van der Waals surface area contributed by atoms with Gasteiger partial charge in [0, 0.05) is 30.4 Å². The molecule has 0 radical (unpaired) electrons. The van der Waals surface area contributed by atoms with E-state index in [1.165, 1.54) is 24.3 Å². The van der Waals surface area contributed by atoms with Gasteiger partial charge in [0.1, 0.15) is 17.4 Å². The molecule has 0 atom stereocenters. The molecule has 1 N–H and O–H groups in total. The van der Waals surface area contributed by atoms with E-state index in [1.807, 2.05) is 48.5 Å². The summed E-state index contributed by atoms with van der Waals surface area (Å²) in [4.78, 5) is 13.4. The summed E-state index contributed by atoms with van der Waals surface area (Å²) in [6, 6.07) is 27.6. The molecule has 5 heteroatoms. The number of ether oxygens (including phenoxy) is 1. The smallest absolute Gasteiger partial charge is 0.346 e. The fourth-order valence-corrected chi connectivity index (χ4v) is 3.16. The Morgan fingerprint density at radius 1 is 1.00 bits per heavy atom. The number of hydrogen-bond acceptors (Lipinski definition) is 4. The van der Waals surface area contributed by atoms with Crippen LogP contribution in [0.3, 0.4) is 0 Å². The van der Waals surface area contributed by atoms with Crippen molar-refractivity contribution < 1.29 is 14.6 Å². The van der Waals surface area contributed by atoms with E-state index in [9.17, 15) is 4.79 Å². The summed E-state index contributed by atoms with van der Waals surface area (Å²) in [5.41, 5.74) is 3.49. The Morgan fingerprint density at radius 3 is 2.03 bits per heavy atom. The highest BCUT2D eigenvalue weighted by Crippen LogP contribution is 2.29. The summed E-state index contributed by atoms with van der Waals surface area (Å²) in [6.07, 6.45) is 1.32. The summed E-state index contributed by atoms with van der Waals surface area (Å²) >= 11 is 0. The predicted octanol–water partition coefficient (Wildman–Crippen LogP) is 4.89. The minimum absolute atomic E-state index is 0.341. The average Bonchev–Trinajstić information content (AvgIpc) is 2.78. The third-order valence-electron chi connectivity index (χ3n) is 4.67. The summed E-state index contributed by atoms with van der Waals surface area (Å²) < 4.78 is 5.49. The van der Waals surface area contributed by atoms with Gasteiger partial charge in [-0.1, -0.05) is 60.7 Å². The van der Waals surface area contributed by atoms with E-state index in [1.54, 1.807) is 12.1 Å². The summed E-state index contributed by atoms with van der Waals surface area (Å²) in [6.45, 7) is 1.40. The molecule has 0 spiro atoms. The molecule has 0 aliphatic carbocycles. The Labute approximate surface area is 176 Å². The topological polar surface area (TPSA) is 73.6 Å². The highest BCUT2D eigenvalue weighted by Gasteiger charge is 2.13. The van der Waals surface area contributed by atoms with E-state index in [0.717, 1.165) is 5.69 Å². The lowest BCUT2D eigenvalue weighted by atomic mass is 10.1. The minimum Gasteiger partial charge on any atom is -0.496 e. The zero-order valence-electron chi connectivity index (χ0n) is 16.7. The normalized spacial score (nSPS) is 10.9. The van der Waals surface area contributed by atoms with Gasteiger partial charge in [-0.05, 0) is 29.3 Å². The number of carboxylic acid groups (broad SMARTS) is 1. The van der Waals surface area contributed by atoms with Crippen molar-refractivity contribution in [2.45, 2.75) is 13.1 Å². The van der Waals surface area contributed by atoms with Gasteiger partial charge in [-0.2, -0.15) is 5.26 Å². The van der Waals surface area contributed by atoms with E-state index < -0.39 is 5.97 Å². The number of benzene rings is 3. The van der Waals surface area contributed by atoms with Crippen molar-refractivity contribution in [1.29, 1.82) is 5.26 Å². The number of hydrogen-bond donors (Lipinski definition) is 1. The van der Waals surface area contributed by atoms with Gasteiger partial charge in [0.05, 0.1) is 7.11 Å². The number of rotatable bonds is 8. The number of anilines is 1. The number of carbonyl (C=O) groups is 1. The lowest BCUT2D eigenvalue weighted by molar-refractivity contribution is -0.132. The van der Waals surface area contributed by atoms with Crippen LogP contribution in [0.4, 0.5) is 5.69 Å². The summed E-state index contributed by atoms with van der Waals surface area (Å²) in [7, 11) is 1.53. The predicted molar refractivity (Wildman–Crippen MR) is 117 cm³/mol. The molecular weight excluding hydrogens is 376 g/mol. The first-order chi connectivity index (χ1) is 14.6. The zero-order chi connectivity index (χ0) is 21.3. The molecule has 0 aliphatic heterocycles. The Morgan fingerprint density at radius 2 is 1.57 bits per heavy atom. The first kappa shape index (κ1) is 20.7. The van der Waals surface area contributed by atoms with Crippen LogP contribution in [0.2, 0.25) is 0 Å². The van der Waals surface area contributed by atoms with E-state index in [-0.39, 0.29) is 5.57 Å². The van der Waals surface area contributed by atoms with Gasteiger partial charge in [-0.25, -0.2) is 4.79 Å². The van der Waals surface area contributed by atoms with E-state index in [0.29, 0.717) is 24.4 Å². The van der Waals surface area contributed by atoms with Gasteiger partial charge >= 0.3 is 5.97 Å². The lowest BCUT2D eigenvalue weighted by Crippen LogP contribution is -2.22. The van der Waals surface area contributed by atoms with Crippen LogP contribution in [0.5, 0.6) is 5.75 Å². The molecule has 0 saturated carbocycles. The largest absolute Gasteiger partial charge is 0.496 e. The molecule has 0 fully saturated rings. The van der Waals surface area contributed by atoms with Crippen LogP contribution in [-0.2, 0) is 17.9 Å². The first-order valence-corrected chi connectivity index (χ1v) is 9.46. The maximum Gasteiger partial charge on any atom is 0.346 e. The maximum atomic E-state index is 11.2. The molecule has 150 valence electrons. The summed E-state index contributed by atoms with van der Waals surface area (Å²) in [5.74, 6) is -0.758. The summed E-state index contributed by atoms with van der Waals surface area (Å²) in [5, 5.41) is 18.2. The molecule has 30 heavy (non-hydrogen) atoms. The Kier molecular flexibility index (Phi) is 6.86. The molecule has 3 aromatic carbocycles. The molecule has 0 saturated heterocycles. The molecular formula is C25H22N2O3. The minimum atomic E-state index is -1.27. The SMILES string of the molecule is COc1cc(N(Cc2ccccc2)Cc2ccccc2)ccc1C=C(C#N)C(=O)O. The average molecular weight is 398 g/mol. The van der Waals surface area contributed by atoms with Crippen LogP contribution in [0.1, 0.15) is 16.7 Å². The third kappa shape index (κ3) is 5.27. The van der Waals surface area contributed by atoms with Gasteiger partial charge in [-0.3, -0.25) is 0 Å². The Bertz CT molecular complexity index is 1030. The molecule has 3 rings (SSSR count). The zero-order valence-corrected chi connectivity index (χ0v) is 16.7. The molecule has 0 heterocycles. The molecule has 0 bridgehead atoms. The molecule has 0 amide bonds.